The van der Waals surface area contributed by atoms with Crippen LogP contribution in [-0.2, 0) is 21.4 Å². The first-order valence-electron chi connectivity index (χ1n) is 19.3. The predicted octanol–water partition coefficient (Wildman–Crippen LogP) is 9.98. The van der Waals surface area contributed by atoms with Gasteiger partial charge in [-0.15, -0.1) is 0 Å². The van der Waals surface area contributed by atoms with Gasteiger partial charge in [-0.25, -0.2) is 0 Å². The number of amides is 2. The highest BCUT2D eigenvalue weighted by Gasteiger charge is 2.42. The summed E-state index contributed by atoms with van der Waals surface area (Å²) >= 11 is 0. The lowest BCUT2D eigenvalue weighted by Crippen LogP contribution is -2.53. The van der Waals surface area contributed by atoms with Crippen LogP contribution in [0.25, 0.3) is 32.7 Å². The molecular formula is C44H55N5O2. The summed E-state index contributed by atoms with van der Waals surface area (Å²) < 4.78 is 0. The number of aromatic nitrogens is 3. The Morgan fingerprint density at radius 3 is 1.61 bits per heavy atom. The Morgan fingerprint density at radius 2 is 1.06 bits per heavy atom. The molecule has 0 saturated heterocycles. The Morgan fingerprint density at radius 1 is 0.608 bits per heavy atom. The molecule has 268 valence electrons. The Kier molecular flexibility index (Phi) is 12.3. The molecule has 7 nitrogen and oxygen atoms in total. The Labute approximate surface area is 302 Å². The molecule has 0 bridgehead atoms. The van der Waals surface area contributed by atoms with Crippen LogP contribution in [0.15, 0.2) is 91.4 Å². The zero-order valence-electron chi connectivity index (χ0n) is 30.5. The van der Waals surface area contributed by atoms with Gasteiger partial charge in [0, 0.05) is 64.3 Å². The summed E-state index contributed by atoms with van der Waals surface area (Å²) in [6.45, 7) is 4.83. The number of para-hydroxylation sites is 3. The second-order valence-electron chi connectivity index (χ2n) is 14.4. The average Bonchev–Trinajstić information content (AvgIpc) is 3.90. The van der Waals surface area contributed by atoms with E-state index in [1.54, 1.807) is 0 Å². The summed E-state index contributed by atoms with van der Waals surface area (Å²) in [5.74, 6) is -0.376. The number of rotatable bonds is 20. The third-order valence-electron chi connectivity index (χ3n) is 10.8. The number of nitrogens with one attached hydrogen (secondary N) is 5. The lowest BCUT2D eigenvalue weighted by atomic mass is 9.75. The van der Waals surface area contributed by atoms with Crippen molar-refractivity contribution in [3.63, 3.8) is 0 Å². The van der Waals surface area contributed by atoms with E-state index in [1.807, 2.05) is 92.2 Å². The molecule has 6 aromatic rings. The van der Waals surface area contributed by atoms with Gasteiger partial charge >= 0.3 is 0 Å². The lowest BCUT2D eigenvalue weighted by Gasteiger charge is -2.31. The average molecular weight is 686 g/mol. The molecule has 0 saturated carbocycles. The maximum absolute atomic E-state index is 14.9. The van der Waals surface area contributed by atoms with Crippen molar-refractivity contribution in [3.8, 4) is 0 Å². The third-order valence-corrected chi connectivity index (χ3v) is 10.8. The van der Waals surface area contributed by atoms with Crippen LogP contribution in [0.1, 0.15) is 108 Å². The lowest BCUT2D eigenvalue weighted by molar-refractivity contribution is -0.131. The molecule has 0 fully saturated rings. The van der Waals surface area contributed by atoms with Crippen molar-refractivity contribution in [2.45, 2.75) is 109 Å². The second kappa shape index (κ2) is 17.4. The fraction of sp³-hybridized carbons (Fsp3) is 0.409. The smallest absolute Gasteiger partial charge is 0.242 e. The van der Waals surface area contributed by atoms with E-state index in [0.29, 0.717) is 13.0 Å². The van der Waals surface area contributed by atoms with Gasteiger partial charge in [0.1, 0.15) is 11.5 Å². The summed E-state index contributed by atoms with van der Waals surface area (Å²) in [4.78, 5) is 39.1. The predicted molar refractivity (Wildman–Crippen MR) is 211 cm³/mol. The molecule has 0 aliphatic carbocycles. The topological polar surface area (TPSA) is 106 Å². The zero-order chi connectivity index (χ0) is 35.5. The van der Waals surface area contributed by atoms with Crippen LogP contribution in [0.4, 0.5) is 0 Å². The van der Waals surface area contributed by atoms with Gasteiger partial charge in [0.2, 0.25) is 11.8 Å². The van der Waals surface area contributed by atoms with Crippen molar-refractivity contribution in [3.05, 3.63) is 108 Å². The number of aromatic amines is 3. The SMILES string of the molecule is CCCCCCCCCCCCCCNC(=O)[C@H](Cc1c[nH]c2ccccc12)NC(=O)C(C)(c1c[nH]c2ccccc12)c1c[nH]c2ccccc12. The molecule has 7 heteroatoms. The van der Waals surface area contributed by atoms with Crippen molar-refractivity contribution in [2.24, 2.45) is 0 Å². The molecule has 0 aliphatic rings. The van der Waals surface area contributed by atoms with E-state index in [9.17, 15) is 9.59 Å². The van der Waals surface area contributed by atoms with Crippen LogP contribution in [0.5, 0.6) is 0 Å². The van der Waals surface area contributed by atoms with Gasteiger partial charge in [-0.2, -0.15) is 0 Å². The molecule has 0 spiro atoms. The Hall–Kier alpha value is -4.78. The molecule has 3 aromatic carbocycles. The molecule has 1 atom stereocenters. The molecule has 0 radical (unpaired) electrons. The number of fused-ring (bicyclic) bond motifs is 3. The fourth-order valence-corrected chi connectivity index (χ4v) is 7.69. The van der Waals surface area contributed by atoms with Gasteiger partial charge in [0.15, 0.2) is 0 Å². The van der Waals surface area contributed by atoms with Gasteiger partial charge in [-0.3, -0.25) is 9.59 Å². The first kappa shape index (κ1) is 36.0. The van der Waals surface area contributed by atoms with Crippen LogP contribution in [0.3, 0.4) is 0 Å². The molecule has 3 heterocycles. The quantitative estimate of drug-likeness (QED) is 0.0516. The summed E-state index contributed by atoms with van der Waals surface area (Å²) in [6, 6.07) is 23.5. The molecular weight excluding hydrogens is 631 g/mol. The summed E-state index contributed by atoms with van der Waals surface area (Å²) in [5, 5.41) is 9.47. The highest BCUT2D eigenvalue weighted by Crippen LogP contribution is 2.40. The van der Waals surface area contributed by atoms with Gasteiger partial charge < -0.3 is 25.6 Å². The number of unbranched alkanes of at least 4 members (excludes halogenated alkanes) is 11. The maximum Gasteiger partial charge on any atom is 0.242 e. The van der Waals surface area contributed by atoms with Crippen molar-refractivity contribution >= 4 is 44.5 Å². The molecule has 2 amide bonds. The Balaban J connectivity index is 1.16. The third kappa shape index (κ3) is 8.41. The van der Waals surface area contributed by atoms with Crippen LogP contribution in [0.2, 0.25) is 0 Å². The molecule has 0 aliphatic heterocycles. The van der Waals surface area contributed by atoms with Crippen molar-refractivity contribution in [1.29, 1.82) is 0 Å². The standard InChI is InChI=1S/C44H55N5O2/c1-3-4-5-6-7-8-9-10-11-12-13-20-27-45-42(50)41(28-32-29-46-38-24-17-14-21-33(32)38)49-43(51)44(2,36-30-47-39-25-18-15-22-34(36)39)37-31-48-40-26-19-16-23-35(37)40/h14-19,21-26,29-31,41,46-48H,3-13,20,27-28H2,1-2H3,(H,45,50)(H,49,51)/t41-/m0/s1. The van der Waals surface area contributed by atoms with E-state index in [2.05, 4.69) is 38.6 Å². The monoisotopic (exact) mass is 685 g/mol. The van der Waals surface area contributed by atoms with Crippen LogP contribution >= 0.6 is 0 Å². The number of hydrogen-bond donors (Lipinski definition) is 5. The molecule has 3 aromatic heterocycles. The maximum atomic E-state index is 14.9. The van der Waals surface area contributed by atoms with E-state index < -0.39 is 11.5 Å². The van der Waals surface area contributed by atoms with Crippen molar-refractivity contribution in [1.82, 2.24) is 25.6 Å². The largest absolute Gasteiger partial charge is 0.361 e. The minimum atomic E-state index is -1.10. The summed E-state index contributed by atoms with van der Waals surface area (Å²) in [6.07, 6.45) is 21.4. The van der Waals surface area contributed by atoms with E-state index in [-0.39, 0.29) is 11.8 Å². The number of H-pyrrole nitrogens is 3. The van der Waals surface area contributed by atoms with Gasteiger partial charge in [-0.05, 0) is 48.2 Å². The second-order valence-corrected chi connectivity index (χ2v) is 14.4. The highest BCUT2D eigenvalue weighted by atomic mass is 16.2. The van der Waals surface area contributed by atoms with Crippen LogP contribution in [0, 0.1) is 0 Å². The zero-order valence-corrected chi connectivity index (χ0v) is 30.5. The molecule has 0 unspecified atom stereocenters. The van der Waals surface area contributed by atoms with E-state index in [0.717, 1.165) is 62.2 Å². The molecule has 5 N–H and O–H groups in total. The summed E-state index contributed by atoms with van der Waals surface area (Å²) in [7, 11) is 0. The van der Waals surface area contributed by atoms with E-state index >= 15 is 0 Å². The number of carbonyl (C=O) groups excluding carboxylic acids is 2. The van der Waals surface area contributed by atoms with Gasteiger partial charge in [0.25, 0.3) is 0 Å². The number of benzene rings is 3. The minimum Gasteiger partial charge on any atom is -0.361 e. The van der Waals surface area contributed by atoms with E-state index in [4.69, 9.17) is 0 Å². The Bertz CT molecular complexity index is 1940. The number of hydrogen-bond acceptors (Lipinski definition) is 2. The first-order valence-corrected chi connectivity index (χ1v) is 19.3. The number of carbonyl (C=O) groups is 2. The van der Waals surface area contributed by atoms with Gasteiger partial charge in [-0.1, -0.05) is 132 Å². The normalized spacial score (nSPS) is 12.5. The summed E-state index contributed by atoms with van der Waals surface area (Å²) in [5.41, 5.74) is 4.55. The minimum absolute atomic E-state index is 0.156. The van der Waals surface area contributed by atoms with Gasteiger partial charge in [0.05, 0.1) is 0 Å². The van der Waals surface area contributed by atoms with Crippen molar-refractivity contribution in [2.75, 3.05) is 6.54 Å². The molecule has 51 heavy (non-hydrogen) atoms. The first-order chi connectivity index (χ1) is 25.0. The molecule has 6 rings (SSSR count). The highest BCUT2D eigenvalue weighted by molar-refractivity contribution is 6.03. The van der Waals surface area contributed by atoms with E-state index in [1.165, 1.54) is 64.2 Å². The fourth-order valence-electron chi connectivity index (χ4n) is 7.69. The van der Waals surface area contributed by atoms with Crippen LogP contribution in [-0.4, -0.2) is 39.4 Å². The van der Waals surface area contributed by atoms with Crippen molar-refractivity contribution < 1.29 is 9.59 Å². The van der Waals surface area contributed by atoms with Crippen LogP contribution < -0.4 is 10.6 Å².